The second kappa shape index (κ2) is 5.34. The molecule has 14 heavy (non-hydrogen) atoms. The number of nitrogens with zero attached hydrogens (tertiary/aromatic N) is 1. The summed E-state index contributed by atoms with van der Waals surface area (Å²) in [7, 11) is 1.37. The summed E-state index contributed by atoms with van der Waals surface area (Å²) in [6.45, 7) is 2.15. The summed E-state index contributed by atoms with van der Waals surface area (Å²) in [5, 5.41) is 3.01. The lowest BCUT2D eigenvalue weighted by atomic mass is 10.2. The molecule has 0 aromatic carbocycles. The lowest BCUT2D eigenvalue weighted by Gasteiger charge is -2.11. The summed E-state index contributed by atoms with van der Waals surface area (Å²) in [5.74, 6) is -0.271. The highest BCUT2D eigenvalue weighted by atomic mass is 16.5. The lowest BCUT2D eigenvalue weighted by molar-refractivity contribution is -0.139. The molecule has 1 atom stereocenters. The summed E-state index contributed by atoms with van der Waals surface area (Å²) in [6.07, 6.45) is 1.73. The van der Waals surface area contributed by atoms with Crippen LogP contribution >= 0.6 is 0 Å². The van der Waals surface area contributed by atoms with Gasteiger partial charge in [0.15, 0.2) is 0 Å². The number of aromatic nitrogens is 1. The fourth-order valence-electron chi connectivity index (χ4n) is 1.05. The van der Waals surface area contributed by atoms with Crippen LogP contribution in [0, 0.1) is 0 Å². The first-order valence-corrected chi connectivity index (χ1v) is 4.45. The van der Waals surface area contributed by atoms with Gasteiger partial charge < -0.3 is 4.74 Å². The van der Waals surface area contributed by atoms with Crippen LogP contribution in [0.15, 0.2) is 24.4 Å². The summed E-state index contributed by atoms with van der Waals surface area (Å²) < 4.78 is 4.51. The third-order valence-electron chi connectivity index (χ3n) is 1.91. The minimum Gasteiger partial charge on any atom is -0.468 e. The van der Waals surface area contributed by atoms with Gasteiger partial charge in [0.25, 0.3) is 0 Å². The predicted molar refractivity (Wildman–Crippen MR) is 52.7 cm³/mol. The van der Waals surface area contributed by atoms with E-state index in [0.29, 0.717) is 0 Å². The highest BCUT2D eigenvalue weighted by Crippen LogP contribution is 2.06. The van der Waals surface area contributed by atoms with Gasteiger partial charge in [0.2, 0.25) is 0 Å². The van der Waals surface area contributed by atoms with E-state index >= 15 is 0 Å². The molecule has 4 nitrogen and oxygen atoms in total. The number of carbonyl (C=O) groups excluding carboxylic acids is 1. The largest absolute Gasteiger partial charge is 0.468 e. The highest BCUT2D eigenvalue weighted by Gasteiger charge is 2.07. The number of ether oxygens (including phenoxy) is 1. The number of methoxy groups -OCH3 is 1. The molecule has 0 unspecified atom stereocenters. The van der Waals surface area contributed by atoms with Crippen LogP contribution in [0.5, 0.6) is 0 Å². The Balaban J connectivity index is 2.43. The van der Waals surface area contributed by atoms with Gasteiger partial charge in [-0.3, -0.25) is 15.1 Å². The Hall–Kier alpha value is -1.42. The summed E-state index contributed by atoms with van der Waals surface area (Å²) in [5.41, 5.74) is 0.913. The molecule has 0 bridgehead atoms. The quantitative estimate of drug-likeness (QED) is 0.724. The number of pyridine rings is 1. The summed E-state index contributed by atoms with van der Waals surface area (Å²) in [6, 6.07) is 5.74. The zero-order valence-corrected chi connectivity index (χ0v) is 8.36. The molecule has 0 saturated carbocycles. The van der Waals surface area contributed by atoms with Crippen LogP contribution < -0.4 is 5.32 Å². The van der Waals surface area contributed by atoms with Gasteiger partial charge in [0, 0.05) is 12.2 Å². The SMILES string of the molecule is COC(=O)CN[C@@H](C)c1ccccn1. The van der Waals surface area contributed by atoms with Crippen LogP contribution in [0.4, 0.5) is 0 Å². The Morgan fingerprint density at radius 1 is 1.64 bits per heavy atom. The summed E-state index contributed by atoms with van der Waals surface area (Å²) >= 11 is 0. The topological polar surface area (TPSA) is 51.2 Å². The molecule has 1 heterocycles. The van der Waals surface area contributed by atoms with Crippen LogP contribution in [-0.4, -0.2) is 24.6 Å². The minimum absolute atomic E-state index is 0.0512. The van der Waals surface area contributed by atoms with Gasteiger partial charge >= 0.3 is 5.97 Å². The number of rotatable bonds is 4. The van der Waals surface area contributed by atoms with Crippen molar-refractivity contribution in [3.63, 3.8) is 0 Å². The number of hydrogen-bond donors (Lipinski definition) is 1. The fraction of sp³-hybridized carbons (Fsp3) is 0.400. The molecule has 0 aliphatic carbocycles. The maximum absolute atomic E-state index is 10.8. The summed E-state index contributed by atoms with van der Waals surface area (Å²) in [4.78, 5) is 15.0. The Labute approximate surface area is 83.3 Å². The van der Waals surface area contributed by atoms with Crippen LogP contribution in [0.25, 0.3) is 0 Å². The zero-order chi connectivity index (χ0) is 10.4. The molecule has 1 N–H and O–H groups in total. The molecule has 1 aromatic rings. The van der Waals surface area contributed by atoms with E-state index < -0.39 is 0 Å². The highest BCUT2D eigenvalue weighted by molar-refractivity contribution is 5.71. The van der Waals surface area contributed by atoms with Gasteiger partial charge in [-0.15, -0.1) is 0 Å². The first kappa shape index (κ1) is 10.7. The second-order valence-corrected chi connectivity index (χ2v) is 2.93. The fourth-order valence-corrected chi connectivity index (χ4v) is 1.05. The maximum atomic E-state index is 10.8. The molecular weight excluding hydrogens is 180 g/mol. The number of carbonyl (C=O) groups is 1. The number of hydrogen-bond acceptors (Lipinski definition) is 4. The van der Waals surface area contributed by atoms with Gasteiger partial charge in [-0.05, 0) is 19.1 Å². The van der Waals surface area contributed by atoms with E-state index in [0.717, 1.165) is 5.69 Å². The molecule has 0 aliphatic rings. The molecule has 1 rings (SSSR count). The zero-order valence-electron chi connectivity index (χ0n) is 8.36. The Morgan fingerprint density at radius 3 is 3.00 bits per heavy atom. The molecule has 1 aromatic heterocycles. The van der Waals surface area contributed by atoms with E-state index in [1.54, 1.807) is 6.20 Å². The van der Waals surface area contributed by atoms with Crippen molar-refractivity contribution >= 4 is 5.97 Å². The van der Waals surface area contributed by atoms with Gasteiger partial charge in [-0.2, -0.15) is 0 Å². The molecule has 0 amide bonds. The van der Waals surface area contributed by atoms with Crippen molar-refractivity contribution in [3.05, 3.63) is 30.1 Å². The molecule has 0 radical (unpaired) electrons. The van der Waals surface area contributed by atoms with E-state index in [1.807, 2.05) is 25.1 Å². The Morgan fingerprint density at radius 2 is 2.43 bits per heavy atom. The molecule has 4 heteroatoms. The van der Waals surface area contributed by atoms with Crippen molar-refractivity contribution in [2.75, 3.05) is 13.7 Å². The third kappa shape index (κ3) is 3.14. The van der Waals surface area contributed by atoms with Crippen molar-refractivity contribution in [3.8, 4) is 0 Å². The van der Waals surface area contributed by atoms with Crippen molar-refractivity contribution in [2.24, 2.45) is 0 Å². The van der Waals surface area contributed by atoms with Gasteiger partial charge in [-0.25, -0.2) is 0 Å². The maximum Gasteiger partial charge on any atom is 0.319 e. The number of nitrogens with one attached hydrogen (secondary N) is 1. The van der Waals surface area contributed by atoms with Gasteiger partial charge in [0.05, 0.1) is 19.3 Å². The van der Waals surface area contributed by atoms with E-state index in [2.05, 4.69) is 15.0 Å². The second-order valence-electron chi connectivity index (χ2n) is 2.93. The van der Waals surface area contributed by atoms with Crippen molar-refractivity contribution in [1.29, 1.82) is 0 Å². The minimum atomic E-state index is -0.271. The van der Waals surface area contributed by atoms with E-state index in [1.165, 1.54) is 7.11 Å². The molecule has 0 aliphatic heterocycles. The van der Waals surface area contributed by atoms with Crippen molar-refractivity contribution in [2.45, 2.75) is 13.0 Å². The van der Waals surface area contributed by atoms with Crippen LogP contribution in [-0.2, 0) is 9.53 Å². The molecular formula is C10H14N2O2. The van der Waals surface area contributed by atoms with Crippen molar-refractivity contribution < 1.29 is 9.53 Å². The van der Waals surface area contributed by atoms with E-state index in [4.69, 9.17) is 0 Å². The normalized spacial score (nSPS) is 12.1. The first-order chi connectivity index (χ1) is 6.74. The van der Waals surface area contributed by atoms with Crippen LogP contribution in [0.2, 0.25) is 0 Å². The predicted octanol–water partition coefficient (Wildman–Crippen LogP) is 0.905. The number of esters is 1. The van der Waals surface area contributed by atoms with E-state index in [9.17, 15) is 4.79 Å². The van der Waals surface area contributed by atoms with Crippen LogP contribution in [0.3, 0.4) is 0 Å². The Bertz CT molecular complexity index is 287. The van der Waals surface area contributed by atoms with Crippen LogP contribution in [0.1, 0.15) is 18.7 Å². The monoisotopic (exact) mass is 194 g/mol. The lowest BCUT2D eigenvalue weighted by Crippen LogP contribution is -2.27. The average Bonchev–Trinajstić information content (AvgIpc) is 2.26. The van der Waals surface area contributed by atoms with Crippen molar-refractivity contribution in [1.82, 2.24) is 10.3 Å². The van der Waals surface area contributed by atoms with Gasteiger partial charge in [0.1, 0.15) is 0 Å². The molecule has 0 spiro atoms. The van der Waals surface area contributed by atoms with E-state index in [-0.39, 0.29) is 18.6 Å². The smallest absolute Gasteiger partial charge is 0.319 e. The molecule has 0 saturated heterocycles. The Kier molecular flexibility index (Phi) is 4.07. The standard InChI is InChI=1S/C10H14N2O2/c1-8(12-7-10(13)14-2)9-5-3-4-6-11-9/h3-6,8,12H,7H2,1-2H3/t8-/m0/s1. The molecule has 0 fully saturated rings. The average molecular weight is 194 g/mol. The molecule has 76 valence electrons. The third-order valence-corrected chi connectivity index (χ3v) is 1.91. The first-order valence-electron chi connectivity index (χ1n) is 4.45. The van der Waals surface area contributed by atoms with Gasteiger partial charge in [-0.1, -0.05) is 6.07 Å².